The molecule has 2 aromatic carbocycles. The summed E-state index contributed by atoms with van der Waals surface area (Å²) in [5.74, 6) is -1.86. The van der Waals surface area contributed by atoms with Gasteiger partial charge in [0.2, 0.25) is 27.6 Å². The maximum Gasteiger partial charge on any atom is 0.246 e. The molecule has 12 heteroatoms. The van der Waals surface area contributed by atoms with E-state index in [-0.39, 0.29) is 43.4 Å². The van der Waals surface area contributed by atoms with E-state index in [4.69, 9.17) is 4.52 Å². The smallest absolute Gasteiger partial charge is 0.246 e. The van der Waals surface area contributed by atoms with Crippen molar-refractivity contribution in [2.24, 2.45) is 0 Å². The van der Waals surface area contributed by atoms with Gasteiger partial charge in [-0.2, -0.15) is 4.98 Å². The third kappa shape index (κ3) is 6.57. The highest BCUT2D eigenvalue weighted by Crippen LogP contribution is 2.22. The van der Waals surface area contributed by atoms with E-state index in [0.717, 1.165) is 32.7 Å². The molecule has 0 bridgehead atoms. The van der Waals surface area contributed by atoms with E-state index in [0.29, 0.717) is 5.82 Å². The molecule has 1 aromatic heterocycles. The predicted octanol–water partition coefficient (Wildman–Crippen LogP) is 3.98. The zero-order chi connectivity index (χ0) is 24.2. The minimum atomic E-state index is -3.76. The van der Waals surface area contributed by atoms with Gasteiger partial charge in [-0.05, 0) is 30.7 Å². The largest absolute Gasteiger partial charge is 0.337 e. The molecular weight excluding hydrogens is 522 g/mol. The molecule has 0 fully saturated rings. The van der Waals surface area contributed by atoms with E-state index >= 15 is 0 Å². The molecular formula is C21H21BrF2N4O4S. The lowest BCUT2D eigenvalue weighted by Gasteiger charge is -2.23. The fourth-order valence-electron chi connectivity index (χ4n) is 3.05. The van der Waals surface area contributed by atoms with E-state index in [1.165, 1.54) is 11.0 Å². The van der Waals surface area contributed by atoms with E-state index < -0.39 is 21.7 Å². The van der Waals surface area contributed by atoms with Gasteiger partial charge in [-0.25, -0.2) is 17.2 Å². The lowest BCUT2D eigenvalue weighted by atomic mass is 10.2. The highest BCUT2D eigenvalue weighted by molar-refractivity contribution is 9.10. The number of carbonyl (C=O) groups excluding carboxylic acids is 1. The lowest BCUT2D eigenvalue weighted by Crippen LogP contribution is -2.32. The molecule has 0 saturated heterocycles. The second-order valence-corrected chi connectivity index (χ2v) is 10.1. The second-order valence-electron chi connectivity index (χ2n) is 7.31. The fraction of sp³-hybridized carbons (Fsp3) is 0.286. The minimum absolute atomic E-state index is 0.0110. The first kappa shape index (κ1) is 24.8. The van der Waals surface area contributed by atoms with Crippen LogP contribution in [0, 0.1) is 11.6 Å². The van der Waals surface area contributed by atoms with Crippen LogP contribution < -0.4 is 4.31 Å². The van der Waals surface area contributed by atoms with Gasteiger partial charge in [0.15, 0.2) is 11.6 Å². The number of aromatic nitrogens is 2. The predicted molar refractivity (Wildman–Crippen MR) is 122 cm³/mol. The molecule has 1 amide bonds. The number of amides is 1. The average molecular weight is 543 g/mol. The lowest BCUT2D eigenvalue weighted by molar-refractivity contribution is -0.130. The topological polar surface area (TPSA) is 96.6 Å². The highest BCUT2D eigenvalue weighted by Gasteiger charge is 2.20. The monoisotopic (exact) mass is 542 g/mol. The van der Waals surface area contributed by atoms with Gasteiger partial charge in [0.25, 0.3) is 0 Å². The van der Waals surface area contributed by atoms with Crippen molar-refractivity contribution in [1.82, 2.24) is 15.0 Å². The molecule has 3 aromatic rings. The SMILES string of the molecule is CN(Cc1nc(-c2cccc(Br)c2)no1)C(=O)CCCN(c1ccc(F)c(F)c1)S(C)(=O)=O. The average Bonchev–Trinajstić information content (AvgIpc) is 3.21. The Bertz CT molecular complexity index is 1250. The van der Waals surface area contributed by atoms with Crippen LogP contribution >= 0.6 is 15.9 Å². The van der Waals surface area contributed by atoms with Crippen LogP contribution in [0.1, 0.15) is 18.7 Å². The van der Waals surface area contributed by atoms with Crippen LogP contribution in [0.25, 0.3) is 11.4 Å². The van der Waals surface area contributed by atoms with E-state index in [1.807, 2.05) is 24.3 Å². The molecule has 0 aliphatic carbocycles. The molecule has 3 rings (SSSR count). The summed E-state index contributed by atoms with van der Waals surface area (Å²) in [6.07, 6.45) is 1.15. The molecule has 0 aliphatic rings. The number of sulfonamides is 1. The van der Waals surface area contributed by atoms with Gasteiger partial charge in [-0.3, -0.25) is 9.10 Å². The Hall–Kier alpha value is -2.86. The molecule has 1 heterocycles. The van der Waals surface area contributed by atoms with Gasteiger partial charge in [0, 0.05) is 36.1 Å². The molecule has 0 unspecified atom stereocenters. The van der Waals surface area contributed by atoms with Crippen molar-refractivity contribution in [1.29, 1.82) is 0 Å². The van der Waals surface area contributed by atoms with Crippen molar-refractivity contribution in [3.8, 4) is 11.4 Å². The Morgan fingerprint density at radius 1 is 1.15 bits per heavy atom. The first-order valence-electron chi connectivity index (χ1n) is 9.80. The molecule has 0 atom stereocenters. The summed E-state index contributed by atoms with van der Waals surface area (Å²) < 4.78 is 58.0. The third-order valence-corrected chi connectivity index (χ3v) is 6.38. The van der Waals surface area contributed by atoms with E-state index in [9.17, 15) is 22.0 Å². The van der Waals surface area contributed by atoms with Crippen LogP contribution in [-0.4, -0.2) is 49.2 Å². The van der Waals surface area contributed by atoms with Gasteiger partial charge in [-0.15, -0.1) is 0 Å². The van der Waals surface area contributed by atoms with Crippen molar-refractivity contribution in [3.05, 3.63) is 64.5 Å². The highest BCUT2D eigenvalue weighted by atomic mass is 79.9. The summed E-state index contributed by atoms with van der Waals surface area (Å²) in [6.45, 7) is 0.00980. The first-order chi connectivity index (χ1) is 15.5. The van der Waals surface area contributed by atoms with E-state index in [2.05, 4.69) is 26.1 Å². The Morgan fingerprint density at radius 2 is 1.91 bits per heavy atom. The molecule has 8 nitrogen and oxygen atoms in total. The van der Waals surface area contributed by atoms with Crippen molar-refractivity contribution < 1.29 is 26.5 Å². The summed E-state index contributed by atoms with van der Waals surface area (Å²) in [5.41, 5.74) is 0.745. The summed E-state index contributed by atoms with van der Waals surface area (Å²) in [6, 6.07) is 10.2. The molecule has 33 heavy (non-hydrogen) atoms. The van der Waals surface area contributed by atoms with E-state index in [1.54, 1.807) is 7.05 Å². The van der Waals surface area contributed by atoms with Crippen LogP contribution in [-0.2, 0) is 21.4 Å². The van der Waals surface area contributed by atoms with Crippen molar-refractivity contribution in [3.63, 3.8) is 0 Å². The van der Waals surface area contributed by atoms with Crippen LogP contribution in [0.2, 0.25) is 0 Å². The number of nitrogens with zero attached hydrogens (tertiary/aromatic N) is 4. The zero-order valence-corrected chi connectivity index (χ0v) is 20.2. The van der Waals surface area contributed by atoms with Crippen molar-refractivity contribution in [2.75, 3.05) is 24.2 Å². The van der Waals surface area contributed by atoms with Crippen molar-refractivity contribution in [2.45, 2.75) is 19.4 Å². The van der Waals surface area contributed by atoms with Gasteiger partial charge in [-0.1, -0.05) is 33.2 Å². The Balaban J connectivity index is 1.58. The maximum atomic E-state index is 13.5. The Labute approximate surface area is 198 Å². The van der Waals surface area contributed by atoms with Gasteiger partial charge >= 0.3 is 0 Å². The normalized spacial score (nSPS) is 11.4. The minimum Gasteiger partial charge on any atom is -0.337 e. The molecule has 176 valence electrons. The van der Waals surface area contributed by atoms with Crippen LogP contribution in [0.4, 0.5) is 14.5 Å². The fourth-order valence-corrected chi connectivity index (χ4v) is 4.40. The summed E-state index contributed by atoms with van der Waals surface area (Å²) >= 11 is 3.38. The van der Waals surface area contributed by atoms with Gasteiger partial charge in [0.1, 0.15) is 0 Å². The molecule has 0 spiro atoms. The van der Waals surface area contributed by atoms with Crippen LogP contribution in [0.3, 0.4) is 0 Å². The Morgan fingerprint density at radius 3 is 2.58 bits per heavy atom. The quantitative estimate of drug-likeness (QED) is 0.405. The number of hydrogen-bond acceptors (Lipinski definition) is 6. The van der Waals surface area contributed by atoms with Crippen molar-refractivity contribution >= 4 is 37.5 Å². The van der Waals surface area contributed by atoms with Crippen LogP contribution in [0.5, 0.6) is 0 Å². The van der Waals surface area contributed by atoms with Gasteiger partial charge in [0.05, 0.1) is 18.5 Å². The number of anilines is 1. The number of carbonyl (C=O) groups is 1. The maximum absolute atomic E-state index is 13.5. The van der Waals surface area contributed by atoms with Gasteiger partial charge < -0.3 is 9.42 Å². The molecule has 0 N–H and O–H groups in total. The number of benzene rings is 2. The Kier molecular flexibility index (Phi) is 7.80. The number of halogens is 3. The van der Waals surface area contributed by atoms with Crippen LogP contribution in [0.15, 0.2) is 51.5 Å². The number of rotatable bonds is 9. The molecule has 0 radical (unpaired) electrons. The molecule has 0 aliphatic heterocycles. The third-order valence-electron chi connectivity index (χ3n) is 4.69. The first-order valence-corrected chi connectivity index (χ1v) is 12.4. The summed E-state index contributed by atoms with van der Waals surface area (Å²) in [7, 11) is -2.19. The number of hydrogen-bond donors (Lipinski definition) is 0. The zero-order valence-electron chi connectivity index (χ0n) is 17.8. The second kappa shape index (κ2) is 10.4. The summed E-state index contributed by atoms with van der Waals surface area (Å²) in [4.78, 5) is 18.2. The molecule has 0 saturated carbocycles. The standard InChI is InChI=1S/C21H21BrF2N4O4S/c1-27(13-19-25-21(26-32-19)14-5-3-6-15(22)11-14)20(29)7-4-10-28(33(2,30)31)16-8-9-17(23)18(24)12-16/h3,5-6,8-9,11-12H,4,7,10,13H2,1-2H3. The summed E-state index contributed by atoms with van der Waals surface area (Å²) in [5, 5.41) is 3.92.